The van der Waals surface area contributed by atoms with Crippen LogP contribution in [0.25, 0.3) is 0 Å². The average molecular weight is 296 g/mol. The number of hydrogen-bond donors (Lipinski definition) is 0. The van der Waals surface area contributed by atoms with Crippen molar-refractivity contribution >= 4 is 11.9 Å². The van der Waals surface area contributed by atoms with Crippen LogP contribution in [0.3, 0.4) is 0 Å². The first kappa shape index (κ1) is 14.3. The highest BCUT2D eigenvalue weighted by Crippen LogP contribution is 2.24. The number of aryl methyl sites for hydroxylation is 1. The highest BCUT2D eigenvalue weighted by atomic mass is 16.5. The fraction of sp³-hybridized carbons (Fsp3) is 0.235. The van der Waals surface area contributed by atoms with Crippen LogP contribution >= 0.6 is 0 Å². The zero-order chi connectivity index (χ0) is 15.7. The highest BCUT2D eigenvalue weighted by molar-refractivity contribution is 5.96. The molecule has 0 bridgehead atoms. The molecule has 0 unspecified atom stereocenters. The van der Waals surface area contributed by atoms with E-state index in [0.717, 1.165) is 16.8 Å². The Morgan fingerprint density at radius 1 is 1.09 bits per heavy atom. The SMILES string of the molecule is COC(=O)c1ccc(C(=O)N2Cc3cnc(C)cc3C2)cc1. The van der Waals surface area contributed by atoms with E-state index in [9.17, 15) is 9.59 Å². The number of fused-ring (bicyclic) bond motifs is 1. The molecule has 112 valence electrons. The molecule has 3 rings (SSSR count). The van der Waals surface area contributed by atoms with Crippen molar-refractivity contribution < 1.29 is 14.3 Å². The summed E-state index contributed by atoms with van der Waals surface area (Å²) in [5.41, 5.74) is 4.18. The Kier molecular flexibility index (Phi) is 3.63. The van der Waals surface area contributed by atoms with Gasteiger partial charge in [0.25, 0.3) is 5.91 Å². The Hall–Kier alpha value is -2.69. The molecule has 0 N–H and O–H groups in total. The Morgan fingerprint density at radius 3 is 2.41 bits per heavy atom. The number of hydrogen-bond acceptors (Lipinski definition) is 4. The van der Waals surface area contributed by atoms with Gasteiger partial charge in [0.1, 0.15) is 0 Å². The molecule has 1 aliphatic rings. The Balaban J connectivity index is 1.77. The number of amides is 1. The minimum absolute atomic E-state index is 0.0507. The van der Waals surface area contributed by atoms with E-state index in [1.165, 1.54) is 7.11 Å². The summed E-state index contributed by atoms with van der Waals surface area (Å²) in [5, 5.41) is 0. The Labute approximate surface area is 128 Å². The van der Waals surface area contributed by atoms with Crippen LogP contribution < -0.4 is 0 Å². The van der Waals surface area contributed by atoms with E-state index in [1.807, 2.05) is 19.2 Å². The third-order valence-electron chi connectivity index (χ3n) is 3.78. The molecule has 2 heterocycles. The number of carbonyl (C=O) groups is 2. The fourth-order valence-electron chi connectivity index (χ4n) is 2.59. The van der Waals surface area contributed by atoms with Gasteiger partial charge in [0.15, 0.2) is 0 Å². The lowest BCUT2D eigenvalue weighted by Crippen LogP contribution is -2.25. The number of esters is 1. The van der Waals surface area contributed by atoms with Crippen molar-refractivity contribution in [1.82, 2.24) is 9.88 Å². The molecule has 2 aromatic rings. The summed E-state index contributed by atoms with van der Waals surface area (Å²) < 4.78 is 4.65. The van der Waals surface area contributed by atoms with Crippen LogP contribution in [-0.2, 0) is 17.8 Å². The maximum absolute atomic E-state index is 12.5. The first-order chi connectivity index (χ1) is 10.6. The second-order valence-electron chi connectivity index (χ2n) is 5.32. The number of methoxy groups -OCH3 is 1. The van der Waals surface area contributed by atoms with Gasteiger partial charge in [-0.25, -0.2) is 4.79 Å². The zero-order valence-corrected chi connectivity index (χ0v) is 12.5. The molecule has 0 aliphatic carbocycles. The van der Waals surface area contributed by atoms with E-state index in [4.69, 9.17) is 0 Å². The van der Waals surface area contributed by atoms with Gasteiger partial charge in [-0.15, -0.1) is 0 Å². The number of benzene rings is 1. The number of ether oxygens (including phenoxy) is 1. The largest absolute Gasteiger partial charge is 0.465 e. The van der Waals surface area contributed by atoms with Crippen LogP contribution in [0.4, 0.5) is 0 Å². The second kappa shape index (κ2) is 5.60. The summed E-state index contributed by atoms with van der Waals surface area (Å²) in [6.45, 7) is 3.10. The summed E-state index contributed by atoms with van der Waals surface area (Å²) >= 11 is 0. The molecule has 1 aliphatic heterocycles. The van der Waals surface area contributed by atoms with Crippen molar-refractivity contribution in [1.29, 1.82) is 0 Å². The fourth-order valence-corrected chi connectivity index (χ4v) is 2.59. The van der Waals surface area contributed by atoms with Crippen molar-refractivity contribution in [3.05, 3.63) is 64.5 Å². The van der Waals surface area contributed by atoms with Gasteiger partial charge in [0, 0.05) is 30.5 Å². The molecule has 22 heavy (non-hydrogen) atoms. The molecule has 0 saturated carbocycles. The van der Waals surface area contributed by atoms with E-state index in [1.54, 1.807) is 29.2 Å². The summed E-state index contributed by atoms with van der Waals surface area (Å²) in [7, 11) is 1.33. The van der Waals surface area contributed by atoms with Crippen molar-refractivity contribution in [3.8, 4) is 0 Å². The van der Waals surface area contributed by atoms with E-state index >= 15 is 0 Å². The van der Waals surface area contributed by atoms with Gasteiger partial charge < -0.3 is 9.64 Å². The molecule has 0 saturated heterocycles. The highest BCUT2D eigenvalue weighted by Gasteiger charge is 2.24. The lowest BCUT2D eigenvalue weighted by molar-refractivity contribution is 0.0599. The molecule has 0 spiro atoms. The minimum Gasteiger partial charge on any atom is -0.465 e. The molecule has 1 amide bonds. The normalized spacial score (nSPS) is 12.9. The molecule has 5 heteroatoms. The molecule has 1 aromatic heterocycles. The van der Waals surface area contributed by atoms with Crippen molar-refractivity contribution in [2.24, 2.45) is 0 Å². The van der Waals surface area contributed by atoms with Gasteiger partial charge >= 0.3 is 5.97 Å². The average Bonchev–Trinajstić information content (AvgIpc) is 2.96. The summed E-state index contributed by atoms with van der Waals surface area (Å²) in [6, 6.07) is 8.53. The molecule has 0 atom stereocenters. The number of rotatable bonds is 2. The van der Waals surface area contributed by atoms with E-state index in [0.29, 0.717) is 24.2 Å². The van der Waals surface area contributed by atoms with Gasteiger partial charge in [-0.3, -0.25) is 9.78 Å². The Morgan fingerprint density at radius 2 is 1.73 bits per heavy atom. The molecule has 0 radical (unpaired) electrons. The van der Waals surface area contributed by atoms with Crippen molar-refractivity contribution in [2.75, 3.05) is 7.11 Å². The van der Waals surface area contributed by atoms with Gasteiger partial charge in [0.05, 0.1) is 12.7 Å². The smallest absolute Gasteiger partial charge is 0.337 e. The van der Waals surface area contributed by atoms with Crippen LogP contribution in [0.5, 0.6) is 0 Å². The predicted molar refractivity (Wildman–Crippen MR) is 80.3 cm³/mol. The summed E-state index contributed by atoms with van der Waals surface area (Å²) in [4.78, 5) is 30.0. The van der Waals surface area contributed by atoms with E-state index in [-0.39, 0.29) is 5.91 Å². The molecule has 0 fully saturated rings. The van der Waals surface area contributed by atoms with Crippen LogP contribution in [-0.4, -0.2) is 28.9 Å². The van der Waals surface area contributed by atoms with Crippen LogP contribution in [0.15, 0.2) is 36.5 Å². The van der Waals surface area contributed by atoms with Crippen molar-refractivity contribution in [2.45, 2.75) is 20.0 Å². The minimum atomic E-state index is -0.408. The molecule has 5 nitrogen and oxygen atoms in total. The Bertz CT molecular complexity index is 738. The molecular formula is C17H16N2O3. The van der Waals surface area contributed by atoms with E-state index < -0.39 is 5.97 Å². The zero-order valence-electron chi connectivity index (χ0n) is 12.5. The second-order valence-corrected chi connectivity index (χ2v) is 5.32. The third-order valence-corrected chi connectivity index (χ3v) is 3.78. The van der Waals surface area contributed by atoms with Crippen molar-refractivity contribution in [3.63, 3.8) is 0 Å². The lowest BCUT2D eigenvalue weighted by atomic mass is 10.1. The maximum atomic E-state index is 12.5. The molecular weight excluding hydrogens is 280 g/mol. The monoisotopic (exact) mass is 296 g/mol. The quantitative estimate of drug-likeness (QED) is 0.798. The van der Waals surface area contributed by atoms with Gasteiger partial charge in [-0.1, -0.05) is 0 Å². The lowest BCUT2D eigenvalue weighted by Gasteiger charge is -2.15. The topological polar surface area (TPSA) is 59.5 Å². The maximum Gasteiger partial charge on any atom is 0.337 e. The van der Waals surface area contributed by atoms with Gasteiger partial charge in [-0.05, 0) is 48.4 Å². The van der Waals surface area contributed by atoms with Crippen LogP contribution in [0.1, 0.15) is 37.5 Å². The van der Waals surface area contributed by atoms with E-state index in [2.05, 4.69) is 9.72 Å². The van der Waals surface area contributed by atoms with Crippen LogP contribution in [0.2, 0.25) is 0 Å². The number of nitrogens with zero attached hydrogens (tertiary/aromatic N) is 2. The molecule has 1 aromatic carbocycles. The van der Waals surface area contributed by atoms with Gasteiger partial charge in [0.2, 0.25) is 0 Å². The summed E-state index contributed by atoms with van der Waals surface area (Å²) in [6.07, 6.45) is 1.83. The number of pyridine rings is 1. The summed E-state index contributed by atoms with van der Waals surface area (Å²) in [5.74, 6) is -0.459. The first-order valence-corrected chi connectivity index (χ1v) is 7.00. The van der Waals surface area contributed by atoms with Crippen LogP contribution in [0, 0.1) is 6.92 Å². The number of aromatic nitrogens is 1. The van der Waals surface area contributed by atoms with Gasteiger partial charge in [-0.2, -0.15) is 0 Å². The number of carbonyl (C=O) groups excluding carboxylic acids is 2. The third kappa shape index (κ3) is 2.57. The first-order valence-electron chi connectivity index (χ1n) is 7.00. The standard InChI is InChI=1S/C17H16N2O3/c1-11-7-14-9-19(10-15(14)8-18-11)16(20)12-3-5-13(6-4-12)17(21)22-2/h3-8H,9-10H2,1-2H3. The predicted octanol–water partition coefficient (Wildman–Crippen LogP) is 2.33.